The first kappa shape index (κ1) is 11.2. The summed E-state index contributed by atoms with van der Waals surface area (Å²) in [6.45, 7) is 0. The number of rotatable bonds is 2. The molecule has 0 amide bonds. The zero-order valence-electron chi connectivity index (χ0n) is 9.34. The van der Waals surface area contributed by atoms with Crippen molar-refractivity contribution in [3.05, 3.63) is 70.7 Å². The predicted molar refractivity (Wildman–Crippen MR) is 75.6 cm³/mol. The first-order chi connectivity index (χ1) is 8.33. The highest BCUT2D eigenvalue weighted by Crippen LogP contribution is 2.57. The molecule has 0 bridgehead atoms. The normalized spacial score (nSPS) is 23.1. The van der Waals surface area contributed by atoms with Gasteiger partial charge >= 0.3 is 0 Å². The Kier molecular flexibility index (Phi) is 3.13. The van der Waals surface area contributed by atoms with Gasteiger partial charge in [-0.2, -0.15) is 0 Å². The van der Waals surface area contributed by atoms with Crippen molar-refractivity contribution in [2.75, 3.05) is 0 Å². The van der Waals surface area contributed by atoms with Gasteiger partial charge in [0.05, 0.1) is 0 Å². The maximum Gasteiger partial charge on any atom is 0.0406 e. The van der Waals surface area contributed by atoms with Gasteiger partial charge < -0.3 is 0 Å². The second-order valence-electron chi connectivity index (χ2n) is 4.31. The number of hydrogen-bond donors (Lipinski definition) is 0. The van der Waals surface area contributed by atoms with Crippen LogP contribution in [0.4, 0.5) is 0 Å². The van der Waals surface area contributed by atoms with Crippen LogP contribution in [0.3, 0.4) is 0 Å². The topological polar surface area (TPSA) is 0 Å². The van der Waals surface area contributed by atoms with Gasteiger partial charge in [0.2, 0.25) is 0 Å². The van der Waals surface area contributed by atoms with Crippen LogP contribution < -0.4 is 0 Å². The molecule has 0 nitrogen and oxygen atoms in total. The molecule has 1 aliphatic heterocycles. The first-order valence-corrected chi connectivity index (χ1v) is 7.11. The van der Waals surface area contributed by atoms with E-state index in [1.54, 1.807) is 0 Å². The summed E-state index contributed by atoms with van der Waals surface area (Å²) in [5.41, 5.74) is 2.84. The van der Waals surface area contributed by atoms with Crippen LogP contribution >= 0.6 is 23.4 Å². The second kappa shape index (κ2) is 4.75. The smallest absolute Gasteiger partial charge is 0.0406 e. The molecule has 0 radical (unpaired) electrons. The average Bonchev–Trinajstić information content (AvgIpc) is 2.31. The van der Waals surface area contributed by atoms with Gasteiger partial charge in [-0.1, -0.05) is 54.1 Å². The average molecular weight is 261 g/mol. The van der Waals surface area contributed by atoms with Crippen LogP contribution in [0.25, 0.3) is 0 Å². The van der Waals surface area contributed by atoms with Gasteiger partial charge in [0.25, 0.3) is 0 Å². The van der Waals surface area contributed by atoms with E-state index in [9.17, 15) is 0 Å². The fourth-order valence-corrected chi connectivity index (χ4v) is 3.56. The lowest BCUT2D eigenvalue weighted by molar-refractivity contribution is 0.720. The zero-order valence-corrected chi connectivity index (χ0v) is 10.9. The summed E-state index contributed by atoms with van der Waals surface area (Å²) in [7, 11) is 0. The van der Waals surface area contributed by atoms with Crippen molar-refractivity contribution in [1.29, 1.82) is 0 Å². The monoisotopic (exact) mass is 260 g/mol. The summed E-state index contributed by atoms with van der Waals surface area (Å²) in [6.07, 6.45) is 1.23. The Balaban J connectivity index is 1.67. The van der Waals surface area contributed by atoms with Gasteiger partial charge in [-0.05, 0) is 29.7 Å². The molecule has 2 aromatic carbocycles. The Bertz CT molecular complexity index is 486. The molecular weight excluding hydrogens is 248 g/mol. The van der Waals surface area contributed by atoms with Crippen molar-refractivity contribution < 1.29 is 0 Å². The van der Waals surface area contributed by atoms with Crippen LogP contribution in [0.15, 0.2) is 54.6 Å². The van der Waals surface area contributed by atoms with Crippen molar-refractivity contribution in [1.82, 2.24) is 0 Å². The van der Waals surface area contributed by atoms with E-state index in [4.69, 9.17) is 11.6 Å². The Morgan fingerprint density at radius 2 is 1.35 bits per heavy atom. The van der Waals surface area contributed by atoms with E-state index in [1.807, 2.05) is 23.9 Å². The predicted octanol–water partition coefficient (Wildman–Crippen LogP) is 5.26. The summed E-state index contributed by atoms with van der Waals surface area (Å²) in [6, 6.07) is 19.0. The largest absolute Gasteiger partial charge is 0.145 e. The highest BCUT2D eigenvalue weighted by molar-refractivity contribution is 8.01. The minimum Gasteiger partial charge on any atom is -0.145 e. The summed E-state index contributed by atoms with van der Waals surface area (Å²) < 4.78 is 0. The van der Waals surface area contributed by atoms with E-state index in [0.717, 1.165) is 5.02 Å². The number of hydrogen-bond acceptors (Lipinski definition) is 1. The van der Waals surface area contributed by atoms with Crippen molar-refractivity contribution in [2.24, 2.45) is 0 Å². The van der Waals surface area contributed by atoms with Crippen LogP contribution in [0.1, 0.15) is 28.0 Å². The van der Waals surface area contributed by atoms with Crippen LogP contribution in [-0.4, -0.2) is 0 Å². The van der Waals surface area contributed by atoms with E-state index in [-0.39, 0.29) is 0 Å². The lowest BCUT2D eigenvalue weighted by Gasteiger charge is -2.35. The molecular formula is C15H13ClS. The van der Waals surface area contributed by atoms with Crippen molar-refractivity contribution in [3.8, 4) is 0 Å². The van der Waals surface area contributed by atoms with E-state index < -0.39 is 0 Å². The van der Waals surface area contributed by atoms with Crippen molar-refractivity contribution in [2.45, 2.75) is 16.9 Å². The minimum atomic E-state index is 0.637. The molecule has 0 saturated carbocycles. The summed E-state index contributed by atoms with van der Waals surface area (Å²) in [5.74, 6) is 0. The molecule has 1 fully saturated rings. The lowest BCUT2D eigenvalue weighted by atomic mass is 10.0. The van der Waals surface area contributed by atoms with Gasteiger partial charge in [0.1, 0.15) is 0 Å². The maximum absolute atomic E-state index is 5.90. The van der Waals surface area contributed by atoms with Crippen LogP contribution in [0, 0.1) is 0 Å². The second-order valence-corrected chi connectivity index (χ2v) is 6.16. The minimum absolute atomic E-state index is 0.637. The molecule has 1 aliphatic rings. The Morgan fingerprint density at radius 1 is 0.824 bits per heavy atom. The van der Waals surface area contributed by atoms with Crippen molar-refractivity contribution in [3.63, 3.8) is 0 Å². The zero-order chi connectivity index (χ0) is 11.7. The molecule has 0 spiro atoms. The van der Waals surface area contributed by atoms with E-state index in [1.165, 1.54) is 17.5 Å². The highest BCUT2D eigenvalue weighted by Gasteiger charge is 2.31. The van der Waals surface area contributed by atoms with Gasteiger partial charge in [-0.15, -0.1) is 11.8 Å². The maximum atomic E-state index is 5.90. The fourth-order valence-electron chi connectivity index (χ4n) is 2.16. The lowest BCUT2D eigenvalue weighted by Crippen LogP contribution is -2.12. The van der Waals surface area contributed by atoms with Gasteiger partial charge in [-0.3, -0.25) is 0 Å². The highest BCUT2D eigenvalue weighted by atomic mass is 35.5. The molecule has 3 rings (SSSR count). The molecule has 0 aliphatic carbocycles. The summed E-state index contributed by atoms with van der Waals surface area (Å²) >= 11 is 7.94. The third-order valence-corrected chi connectivity index (χ3v) is 5.01. The number of thioether (sulfide) groups is 1. The van der Waals surface area contributed by atoms with Crippen LogP contribution in [0.5, 0.6) is 0 Å². The molecule has 17 heavy (non-hydrogen) atoms. The standard InChI is InChI=1S/C15H13ClS/c16-13-8-6-12(7-9-13)15-10-14(17-15)11-4-2-1-3-5-11/h1-9,14-15H,10H2/t14-,15-/m1/s1. The quantitative estimate of drug-likeness (QED) is 0.710. The Labute approximate surface area is 111 Å². The molecule has 86 valence electrons. The van der Waals surface area contributed by atoms with Crippen LogP contribution in [0.2, 0.25) is 5.02 Å². The van der Waals surface area contributed by atoms with Crippen molar-refractivity contribution >= 4 is 23.4 Å². The van der Waals surface area contributed by atoms with Crippen LogP contribution in [-0.2, 0) is 0 Å². The summed E-state index contributed by atoms with van der Waals surface area (Å²) in [5, 5.41) is 2.12. The molecule has 0 aromatic heterocycles. The first-order valence-electron chi connectivity index (χ1n) is 5.79. The molecule has 2 aromatic rings. The molecule has 1 heterocycles. The van der Waals surface area contributed by atoms with E-state index in [0.29, 0.717) is 10.5 Å². The molecule has 1 saturated heterocycles. The van der Waals surface area contributed by atoms with E-state index in [2.05, 4.69) is 42.5 Å². The number of benzene rings is 2. The Morgan fingerprint density at radius 3 is 1.94 bits per heavy atom. The molecule has 0 N–H and O–H groups in total. The third-order valence-electron chi connectivity index (χ3n) is 3.17. The third kappa shape index (κ3) is 2.36. The molecule has 2 atom stereocenters. The Hall–Kier alpha value is -0.920. The van der Waals surface area contributed by atoms with Gasteiger partial charge in [0.15, 0.2) is 0 Å². The van der Waals surface area contributed by atoms with E-state index >= 15 is 0 Å². The molecule has 2 heteroatoms. The molecule has 0 unspecified atom stereocenters. The van der Waals surface area contributed by atoms with Gasteiger partial charge in [0, 0.05) is 15.5 Å². The number of halogens is 1. The summed E-state index contributed by atoms with van der Waals surface area (Å²) in [4.78, 5) is 0. The fraction of sp³-hybridized carbons (Fsp3) is 0.200. The van der Waals surface area contributed by atoms with Gasteiger partial charge in [-0.25, -0.2) is 0 Å². The SMILES string of the molecule is Clc1ccc([C@H]2C[C@H](c3ccccc3)S2)cc1.